The van der Waals surface area contributed by atoms with Crippen LogP contribution in [-0.2, 0) is 4.79 Å². The monoisotopic (exact) mass is 353 g/mol. The summed E-state index contributed by atoms with van der Waals surface area (Å²) in [4.78, 5) is 29.9. The standard InChI is InChI=1S/C20H23N3O3/c1-14-5-4-6-16(13-14)18(17-7-2-3-10-21-17)22-20(26)23-11-8-15(9-12-23)19(24)25/h2-7,10,13,15,18H,8-9,11-12H2,1H3,(H,22,26)(H,24,25). The number of benzene rings is 1. The van der Waals surface area contributed by atoms with Gasteiger partial charge in [-0.1, -0.05) is 35.9 Å². The number of piperidine rings is 1. The first-order valence-corrected chi connectivity index (χ1v) is 8.80. The van der Waals surface area contributed by atoms with Crippen LogP contribution in [0.4, 0.5) is 4.79 Å². The van der Waals surface area contributed by atoms with E-state index in [-0.39, 0.29) is 18.0 Å². The summed E-state index contributed by atoms with van der Waals surface area (Å²) >= 11 is 0. The highest BCUT2D eigenvalue weighted by molar-refractivity contribution is 5.76. The van der Waals surface area contributed by atoms with Gasteiger partial charge in [0.05, 0.1) is 17.7 Å². The van der Waals surface area contributed by atoms with E-state index in [9.17, 15) is 9.59 Å². The van der Waals surface area contributed by atoms with Gasteiger partial charge in [-0.25, -0.2) is 4.79 Å². The molecule has 1 atom stereocenters. The molecular weight excluding hydrogens is 330 g/mol. The zero-order chi connectivity index (χ0) is 18.5. The maximum atomic E-state index is 12.8. The Kier molecular flexibility index (Phi) is 5.51. The van der Waals surface area contributed by atoms with E-state index < -0.39 is 5.97 Å². The van der Waals surface area contributed by atoms with E-state index in [2.05, 4.69) is 10.3 Å². The molecular formula is C20H23N3O3. The van der Waals surface area contributed by atoms with Gasteiger partial charge in [-0.15, -0.1) is 0 Å². The normalized spacial score (nSPS) is 16.1. The lowest BCUT2D eigenvalue weighted by atomic mass is 9.97. The fraction of sp³-hybridized carbons (Fsp3) is 0.350. The number of aliphatic carboxylic acids is 1. The van der Waals surface area contributed by atoms with Gasteiger partial charge in [-0.3, -0.25) is 9.78 Å². The number of carboxylic acids is 1. The molecule has 0 radical (unpaired) electrons. The van der Waals surface area contributed by atoms with Crippen LogP contribution in [0.25, 0.3) is 0 Å². The maximum Gasteiger partial charge on any atom is 0.318 e. The number of pyridine rings is 1. The lowest BCUT2D eigenvalue weighted by Crippen LogP contribution is -2.46. The highest BCUT2D eigenvalue weighted by Gasteiger charge is 2.28. The molecule has 26 heavy (non-hydrogen) atoms. The third-order valence-electron chi connectivity index (χ3n) is 4.76. The third kappa shape index (κ3) is 4.20. The van der Waals surface area contributed by atoms with Crippen molar-refractivity contribution in [3.63, 3.8) is 0 Å². The van der Waals surface area contributed by atoms with Crippen LogP contribution in [-0.4, -0.2) is 40.1 Å². The van der Waals surface area contributed by atoms with Crippen LogP contribution in [0.1, 0.15) is 35.7 Å². The lowest BCUT2D eigenvalue weighted by molar-refractivity contribution is -0.143. The second kappa shape index (κ2) is 7.99. The third-order valence-corrected chi connectivity index (χ3v) is 4.76. The largest absolute Gasteiger partial charge is 0.481 e. The van der Waals surface area contributed by atoms with Gasteiger partial charge in [-0.2, -0.15) is 0 Å². The number of carboxylic acid groups (broad SMARTS) is 1. The van der Waals surface area contributed by atoms with Crippen LogP contribution in [0.3, 0.4) is 0 Å². The second-order valence-electron chi connectivity index (χ2n) is 6.65. The summed E-state index contributed by atoms with van der Waals surface area (Å²) in [5.41, 5.74) is 2.85. The summed E-state index contributed by atoms with van der Waals surface area (Å²) in [6, 6.07) is 13.1. The summed E-state index contributed by atoms with van der Waals surface area (Å²) in [6.45, 7) is 2.91. The molecule has 3 rings (SSSR count). The molecule has 1 fully saturated rings. The van der Waals surface area contributed by atoms with Crippen LogP contribution in [0.5, 0.6) is 0 Å². The van der Waals surface area contributed by atoms with Crippen LogP contribution in [0.15, 0.2) is 48.7 Å². The molecule has 0 saturated carbocycles. The Labute approximate surface area is 152 Å². The number of rotatable bonds is 4. The quantitative estimate of drug-likeness (QED) is 0.885. The van der Waals surface area contributed by atoms with Crippen molar-refractivity contribution in [3.05, 3.63) is 65.5 Å². The molecule has 2 heterocycles. The van der Waals surface area contributed by atoms with Crippen molar-refractivity contribution in [2.24, 2.45) is 5.92 Å². The molecule has 0 spiro atoms. The Morgan fingerprint density at radius 3 is 2.58 bits per heavy atom. The predicted octanol–water partition coefficient (Wildman–Crippen LogP) is 2.99. The van der Waals surface area contributed by atoms with E-state index in [1.807, 2.05) is 49.4 Å². The lowest BCUT2D eigenvalue weighted by Gasteiger charge is -2.31. The number of carbonyl (C=O) groups excluding carboxylic acids is 1. The SMILES string of the molecule is Cc1cccc(C(NC(=O)N2CCC(C(=O)O)CC2)c2ccccn2)c1. The Morgan fingerprint density at radius 2 is 1.96 bits per heavy atom. The molecule has 1 unspecified atom stereocenters. The Bertz CT molecular complexity index is 771. The van der Waals surface area contributed by atoms with Crippen molar-refractivity contribution in [1.82, 2.24) is 15.2 Å². The molecule has 2 aromatic rings. The predicted molar refractivity (Wildman–Crippen MR) is 97.7 cm³/mol. The van der Waals surface area contributed by atoms with Gasteiger partial charge in [0.2, 0.25) is 0 Å². The summed E-state index contributed by atoms with van der Waals surface area (Å²) in [7, 11) is 0. The van der Waals surface area contributed by atoms with Gasteiger partial charge in [0.25, 0.3) is 0 Å². The average Bonchev–Trinajstić information content (AvgIpc) is 2.66. The number of nitrogens with one attached hydrogen (secondary N) is 1. The molecule has 0 bridgehead atoms. The summed E-state index contributed by atoms with van der Waals surface area (Å²) in [5.74, 6) is -1.14. The minimum absolute atomic E-state index is 0.189. The van der Waals surface area contributed by atoms with Crippen LogP contribution < -0.4 is 5.32 Å². The van der Waals surface area contributed by atoms with E-state index in [1.165, 1.54) is 0 Å². The topological polar surface area (TPSA) is 82.5 Å². The molecule has 6 nitrogen and oxygen atoms in total. The van der Waals surface area contributed by atoms with E-state index in [0.29, 0.717) is 25.9 Å². The minimum atomic E-state index is -0.781. The first-order valence-electron chi connectivity index (χ1n) is 8.80. The number of aryl methyl sites for hydroxylation is 1. The summed E-state index contributed by atoms with van der Waals surface area (Å²) in [5, 5.41) is 12.2. The zero-order valence-corrected chi connectivity index (χ0v) is 14.8. The molecule has 1 saturated heterocycles. The summed E-state index contributed by atoms with van der Waals surface area (Å²) < 4.78 is 0. The van der Waals surface area contributed by atoms with Gasteiger partial charge in [0.15, 0.2) is 0 Å². The van der Waals surface area contributed by atoms with Crippen molar-refractivity contribution < 1.29 is 14.7 Å². The number of amides is 2. The minimum Gasteiger partial charge on any atom is -0.481 e. The van der Waals surface area contributed by atoms with E-state index in [4.69, 9.17) is 5.11 Å². The molecule has 2 N–H and O–H groups in total. The van der Waals surface area contributed by atoms with Gasteiger partial charge < -0.3 is 15.3 Å². The van der Waals surface area contributed by atoms with E-state index in [1.54, 1.807) is 11.1 Å². The van der Waals surface area contributed by atoms with Gasteiger partial charge >= 0.3 is 12.0 Å². The molecule has 0 aliphatic carbocycles. The average molecular weight is 353 g/mol. The molecule has 2 amide bonds. The highest BCUT2D eigenvalue weighted by atomic mass is 16.4. The Hall–Kier alpha value is -2.89. The van der Waals surface area contributed by atoms with Crippen molar-refractivity contribution in [2.45, 2.75) is 25.8 Å². The van der Waals surface area contributed by atoms with Crippen molar-refractivity contribution in [2.75, 3.05) is 13.1 Å². The zero-order valence-electron chi connectivity index (χ0n) is 14.8. The second-order valence-corrected chi connectivity index (χ2v) is 6.65. The highest BCUT2D eigenvalue weighted by Crippen LogP contribution is 2.23. The maximum absolute atomic E-state index is 12.8. The smallest absolute Gasteiger partial charge is 0.318 e. The molecule has 6 heteroatoms. The van der Waals surface area contributed by atoms with Crippen LogP contribution >= 0.6 is 0 Å². The number of nitrogens with zero attached hydrogens (tertiary/aromatic N) is 2. The van der Waals surface area contributed by atoms with E-state index in [0.717, 1.165) is 16.8 Å². The number of carbonyl (C=O) groups is 2. The first kappa shape index (κ1) is 17.9. The van der Waals surface area contributed by atoms with Crippen molar-refractivity contribution in [1.29, 1.82) is 0 Å². The molecule has 1 aromatic carbocycles. The Morgan fingerprint density at radius 1 is 1.19 bits per heavy atom. The molecule has 136 valence electrons. The molecule has 1 aromatic heterocycles. The molecule has 1 aliphatic rings. The van der Waals surface area contributed by atoms with Crippen molar-refractivity contribution >= 4 is 12.0 Å². The number of urea groups is 1. The fourth-order valence-corrected chi connectivity index (χ4v) is 3.27. The fourth-order valence-electron chi connectivity index (χ4n) is 3.27. The van der Waals surface area contributed by atoms with Gasteiger partial charge in [0, 0.05) is 19.3 Å². The molecule has 1 aliphatic heterocycles. The summed E-state index contributed by atoms with van der Waals surface area (Å²) in [6.07, 6.45) is 2.69. The van der Waals surface area contributed by atoms with Crippen LogP contribution in [0, 0.1) is 12.8 Å². The van der Waals surface area contributed by atoms with Crippen molar-refractivity contribution in [3.8, 4) is 0 Å². The number of aromatic nitrogens is 1. The van der Waals surface area contributed by atoms with Crippen LogP contribution in [0.2, 0.25) is 0 Å². The van der Waals surface area contributed by atoms with Gasteiger partial charge in [-0.05, 0) is 37.5 Å². The number of hydrogen-bond donors (Lipinski definition) is 2. The Balaban J connectivity index is 1.76. The van der Waals surface area contributed by atoms with Gasteiger partial charge in [0.1, 0.15) is 0 Å². The van der Waals surface area contributed by atoms with E-state index >= 15 is 0 Å². The first-order chi connectivity index (χ1) is 12.5. The number of hydrogen-bond acceptors (Lipinski definition) is 3. The number of likely N-dealkylation sites (tertiary alicyclic amines) is 1.